The van der Waals surface area contributed by atoms with E-state index >= 15 is 0 Å². The van der Waals surface area contributed by atoms with E-state index in [9.17, 15) is 22.8 Å². The molecule has 0 bridgehead atoms. The van der Waals surface area contributed by atoms with Gasteiger partial charge in [-0.1, -0.05) is 18.4 Å². The number of unbranched alkanes of at least 4 members (excludes halogenated alkanes) is 2. The van der Waals surface area contributed by atoms with Gasteiger partial charge in [0.05, 0.1) is 7.11 Å². The van der Waals surface area contributed by atoms with E-state index in [0.717, 1.165) is 18.6 Å². The molecule has 0 saturated heterocycles. The molecule has 1 aromatic rings. The lowest BCUT2D eigenvalue weighted by Gasteiger charge is -2.08. The molecule has 0 aliphatic heterocycles. The molecule has 0 fully saturated rings. The van der Waals surface area contributed by atoms with Crippen molar-refractivity contribution in [3.63, 3.8) is 0 Å². The molecule has 1 amide bonds. The molecule has 0 aliphatic carbocycles. The van der Waals surface area contributed by atoms with Crippen molar-refractivity contribution in [2.45, 2.75) is 32.0 Å². The molecule has 0 aliphatic rings. The largest absolute Gasteiger partial charge is 0.573 e. The number of hydrogen-bond acceptors (Lipinski definition) is 4. The van der Waals surface area contributed by atoms with Crippen LogP contribution in [0.5, 0.6) is 5.75 Å². The van der Waals surface area contributed by atoms with Crippen LogP contribution in [0.15, 0.2) is 24.3 Å². The first kappa shape index (κ1) is 20.4. The van der Waals surface area contributed by atoms with Crippen molar-refractivity contribution < 1.29 is 32.2 Å². The quantitative estimate of drug-likeness (QED) is 0.463. The van der Waals surface area contributed by atoms with E-state index < -0.39 is 18.0 Å². The maximum Gasteiger partial charge on any atom is 0.573 e. The fourth-order valence-electron chi connectivity index (χ4n) is 1.82. The predicted molar refractivity (Wildman–Crippen MR) is 83.5 cm³/mol. The van der Waals surface area contributed by atoms with Crippen LogP contribution in [-0.2, 0) is 14.3 Å². The molecule has 1 aromatic carbocycles. The molecule has 5 nitrogen and oxygen atoms in total. The van der Waals surface area contributed by atoms with Crippen molar-refractivity contribution in [2.24, 2.45) is 0 Å². The van der Waals surface area contributed by atoms with Crippen LogP contribution >= 0.6 is 0 Å². The number of halogens is 3. The Morgan fingerprint density at radius 1 is 1.20 bits per heavy atom. The van der Waals surface area contributed by atoms with E-state index in [1.807, 2.05) is 0 Å². The van der Waals surface area contributed by atoms with E-state index in [4.69, 9.17) is 0 Å². The molecule has 0 radical (unpaired) electrons. The van der Waals surface area contributed by atoms with Gasteiger partial charge in [-0.05, 0) is 31.0 Å². The Bertz CT molecular complexity index is 647. The number of alkyl halides is 3. The first-order valence-electron chi connectivity index (χ1n) is 7.52. The summed E-state index contributed by atoms with van der Waals surface area (Å²) in [5.74, 6) is 3.57. The van der Waals surface area contributed by atoms with E-state index in [1.54, 1.807) is 0 Å². The molecule has 0 spiro atoms. The number of nitrogens with one attached hydrogen (secondary N) is 1. The summed E-state index contributed by atoms with van der Waals surface area (Å²) >= 11 is 0. The molecule has 25 heavy (non-hydrogen) atoms. The third-order valence-corrected chi connectivity index (χ3v) is 2.96. The Morgan fingerprint density at radius 3 is 2.64 bits per heavy atom. The number of carbonyl (C=O) groups is 2. The Morgan fingerprint density at radius 2 is 1.96 bits per heavy atom. The van der Waals surface area contributed by atoms with E-state index in [-0.39, 0.29) is 11.5 Å². The number of esters is 1. The Kier molecular flexibility index (Phi) is 8.33. The summed E-state index contributed by atoms with van der Waals surface area (Å²) in [5.41, 5.74) is 0.231. The fourth-order valence-corrected chi connectivity index (χ4v) is 1.82. The molecule has 1 N–H and O–H groups in total. The normalized spacial score (nSPS) is 10.4. The minimum absolute atomic E-state index is 0.231. The lowest BCUT2D eigenvalue weighted by atomic mass is 10.2. The molecule has 1 rings (SSSR count). The second kappa shape index (κ2) is 10.2. The third-order valence-electron chi connectivity index (χ3n) is 2.96. The van der Waals surface area contributed by atoms with E-state index in [1.165, 1.54) is 19.2 Å². The smallest absolute Gasteiger partial charge is 0.469 e. The first-order valence-corrected chi connectivity index (χ1v) is 7.52. The highest BCUT2D eigenvalue weighted by atomic mass is 19.4. The maximum atomic E-state index is 12.1. The molecular weight excluding hydrogens is 339 g/mol. The average molecular weight is 357 g/mol. The van der Waals surface area contributed by atoms with Crippen LogP contribution in [0, 0.1) is 11.8 Å². The monoisotopic (exact) mass is 357 g/mol. The van der Waals surface area contributed by atoms with Crippen LogP contribution in [0.3, 0.4) is 0 Å². The molecule has 0 atom stereocenters. The number of ether oxygens (including phenoxy) is 2. The van der Waals surface area contributed by atoms with E-state index in [0.29, 0.717) is 25.8 Å². The number of amides is 1. The van der Waals surface area contributed by atoms with Crippen LogP contribution in [0.2, 0.25) is 0 Å². The first-order chi connectivity index (χ1) is 11.8. The highest BCUT2D eigenvalue weighted by Gasteiger charge is 2.31. The van der Waals surface area contributed by atoms with Gasteiger partial charge < -0.3 is 14.8 Å². The molecule has 136 valence electrons. The zero-order chi connectivity index (χ0) is 18.7. The third kappa shape index (κ3) is 9.91. The SMILES string of the molecule is COC(=O)CCCCCNC(=O)C#Cc1cccc(OC(F)(F)F)c1. The maximum absolute atomic E-state index is 12.1. The van der Waals surface area contributed by atoms with Gasteiger partial charge in [-0.15, -0.1) is 13.2 Å². The van der Waals surface area contributed by atoms with Gasteiger partial charge in [0.1, 0.15) is 5.75 Å². The zero-order valence-corrected chi connectivity index (χ0v) is 13.6. The second-order valence-corrected chi connectivity index (χ2v) is 4.97. The summed E-state index contributed by atoms with van der Waals surface area (Å²) in [6.07, 6.45) is -2.35. The van der Waals surface area contributed by atoms with Crippen molar-refractivity contribution in [2.75, 3.05) is 13.7 Å². The lowest BCUT2D eigenvalue weighted by Crippen LogP contribution is -2.22. The van der Waals surface area contributed by atoms with Crippen LogP contribution in [0.4, 0.5) is 13.2 Å². The van der Waals surface area contributed by atoms with Gasteiger partial charge in [-0.3, -0.25) is 9.59 Å². The highest BCUT2D eigenvalue weighted by molar-refractivity contribution is 5.94. The number of benzene rings is 1. The molecule has 0 heterocycles. The van der Waals surface area contributed by atoms with Crippen molar-refractivity contribution in [3.05, 3.63) is 29.8 Å². The van der Waals surface area contributed by atoms with Crippen molar-refractivity contribution in [3.8, 4) is 17.6 Å². The second-order valence-electron chi connectivity index (χ2n) is 4.97. The van der Waals surface area contributed by atoms with Crippen LogP contribution in [0.1, 0.15) is 31.2 Å². The summed E-state index contributed by atoms with van der Waals surface area (Å²) < 4.78 is 44.7. The highest BCUT2D eigenvalue weighted by Crippen LogP contribution is 2.22. The van der Waals surface area contributed by atoms with Gasteiger partial charge in [0, 0.05) is 24.4 Å². The molecular formula is C17H18F3NO4. The zero-order valence-electron chi connectivity index (χ0n) is 13.6. The van der Waals surface area contributed by atoms with Gasteiger partial charge in [0.2, 0.25) is 0 Å². The minimum Gasteiger partial charge on any atom is -0.469 e. The van der Waals surface area contributed by atoms with Crippen LogP contribution in [-0.4, -0.2) is 31.9 Å². The standard InChI is InChI=1S/C17H18F3NO4/c1-24-16(23)8-3-2-4-11-21-15(22)10-9-13-6-5-7-14(12-13)25-17(18,19)20/h5-7,12H,2-4,8,11H2,1H3,(H,21,22). The summed E-state index contributed by atoms with van der Waals surface area (Å²) in [6.45, 7) is 0.395. The average Bonchev–Trinajstić information content (AvgIpc) is 2.54. The number of methoxy groups -OCH3 is 1. The van der Waals surface area contributed by atoms with Gasteiger partial charge in [0.15, 0.2) is 0 Å². The van der Waals surface area contributed by atoms with Crippen LogP contribution < -0.4 is 10.1 Å². The Balaban J connectivity index is 2.36. The molecule has 0 saturated carbocycles. The topological polar surface area (TPSA) is 64.6 Å². The van der Waals surface area contributed by atoms with Crippen molar-refractivity contribution in [1.82, 2.24) is 5.32 Å². The number of hydrogen-bond donors (Lipinski definition) is 1. The minimum atomic E-state index is -4.78. The molecule has 8 heteroatoms. The summed E-state index contributed by atoms with van der Waals surface area (Å²) in [6, 6.07) is 5.06. The fraction of sp³-hybridized carbons (Fsp3) is 0.412. The Hall–Kier alpha value is -2.69. The number of carbonyl (C=O) groups excluding carboxylic acids is 2. The lowest BCUT2D eigenvalue weighted by molar-refractivity contribution is -0.274. The van der Waals surface area contributed by atoms with Crippen LogP contribution in [0.25, 0.3) is 0 Å². The van der Waals surface area contributed by atoms with Crippen molar-refractivity contribution >= 4 is 11.9 Å². The summed E-state index contributed by atoms with van der Waals surface area (Å²) in [7, 11) is 1.33. The number of rotatable bonds is 7. The molecule has 0 aromatic heterocycles. The van der Waals surface area contributed by atoms with Gasteiger partial charge in [-0.25, -0.2) is 0 Å². The van der Waals surface area contributed by atoms with E-state index in [2.05, 4.69) is 26.6 Å². The molecule has 0 unspecified atom stereocenters. The van der Waals surface area contributed by atoms with Gasteiger partial charge in [0.25, 0.3) is 5.91 Å². The Labute approximate surface area is 143 Å². The predicted octanol–water partition coefficient (Wildman–Crippen LogP) is 2.79. The van der Waals surface area contributed by atoms with Gasteiger partial charge in [-0.2, -0.15) is 0 Å². The summed E-state index contributed by atoms with van der Waals surface area (Å²) in [4.78, 5) is 22.4. The van der Waals surface area contributed by atoms with Gasteiger partial charge >= 0.3 is 12.3 Å². The van der Waals surface area contributed by atoms with Crippen molar-refractivity contribution in [1.29, 1.82) is 0 Å². The summed E-state index contributed by atoms with van der Waals surface area (Å²) in [5, 5.41) is 2.57.